The summed E-state index contributed by atoms with van der Waals surface area (Å²) in [5.41, 5.74) is 2.17. The molecule has 0 aliphatic heterocycles. The van der Waals surface area contributed by atoms with Crippen LogP contribution in [0.3, 0.4) is 0 Å². The largest absolute Gasteiger partial charge is 0.416 e. The van der Waals surface area contributed by atoms with E-state index in [1.165, 1.54) is 49.8 Å². The van der Waals surface area contributed by atoms with Crippen molar-refractivity contribution < 1.29 is 13.2 Å². The molecule has 0 aromatic heterocycles. The highest BCUT2D eigenvalue weighted by molar-refractivity contribution is 5.44. The first-order chi connectivity index (χ1) is 13.5. The van der Waals surface area contributed by atoms with Gasteiger partial charge in [0.2, 0.25) is 0 Å². The van der Waals surface area contributed by atoms with E-state index in [0.717, 1.165) is 30.0 Å². The Hall–Kier alpha value is -2.47. The van der Waals surface area contributed by atoms with Gasteiger partial charge in [0.15, 0.2) is 0 Å². The van der Waals surface area contributed by atoms with Crippen molar-refractivity contribution in [2.45, 2.75) is 50.6 Å². The standard InChI is InChI=1S/C25H25F3/c1-2-3-4-19-7-13-22(14-8-19)23-15-9-20(10-16-23)5-6-21-11-17-24(18-12-21)25(26,27)28/h2,9-12,15-19,22H,1,3-4,7-8,13-14H2. The Labute approximate surface area is 165 Å². The molecule has 3 rings (SSSR count). The summed E-state index contributed by atoms with van der Waals surface area (Å²) in [6.07, 6.45) is 5.11. The summed E-state index contributed by atoms with van der Waals surface area (Å²) in [5.74, 6) is 7.44. The molecular weight excluding hydrogens is 357 g/mol. The topological polar surface area (TPSA) is 0 Å². The molecule has 1 aliphatic rings. The lowest BCUT2D eigenvalue weighted by Gasteiger charge is -2.28. The molecule has 0 heterocycles. The van der Waals surface area contributed by atoms with E-state index in [0.29, 0.717) is 11.5 Å². The van der Waals surface area contributed by atoms with Crippen LogP contribution < -0.4 is 0 Å². The average Bonchev–Trinajstić information content (AvgIpc) is 2.71. The molecule has 0 atom stereocenters. The minimum Gasteiger partial charge on any atom is -0.166 e. The maximum Gasteiger partial charge on any atom is 0.416 e. The van der Waals surface area contributed by atoms with Gasteiger partial charge < -0.3 is 0 Å². The number of rotatable bonds is 4. The predicted molar refractivity (Wildman–Crippen MR) is 108 cm³/mol. The van der Waals surface area contributed by atoms with Gasteiger partial charge in [-0.25, -0.2) is 0 Å². The van der Waals surface area contributed by atoms with Crippen LogP contribution in [0.1, 0.15) is 66.7 Å². The zero-order valence-electron chi connectivity index (χ0n) is 15.9. The van der Waals surface area contributed by atoms with E-state index in [1.54, 1.807) is 0 Å². The van der Waals surface area contributed by atoms with E-state index in [9.17, 15) is 13.2 Å². The van der Waals surface area contributed by atoms with Crippen LogP contribution in [0.4, 0.5) is 13.2 Å². The Balaban J connectivity index is 1.58. The highest BCUT2D eigenvalue weighted by Gasteiger charge is 2.29. The number of allylic oxidation sites excluding steroid dienone is 1. The smallest absolute Gasteiger partial charge is 0.166 e. The Kier molecular flexibility index (Phi) is 6.62. The van der Waals surface area contributed by atoms with Crippen LogP contribution in [-0.2, 0) is 6.18 Å². The second-order valence-corrected chi connectivity index (χ2v) is 7.53. The van der Waals surface area contributed by atoms with Crippen molar-refractivity contribution in [3.05, 3.63) is 83.4 Å². The van der Waals surface area contributed by atoms with E-state index < -0.39 is 11.7 Å². The minimum absolute atomic E-state index is 0.579. The van der Waals surface area contributed by atoms with Crippen molar-refractivity contribution in [2.24, 2.45) is 5.92 Å². The van der Waals surface area contributed by atoms with Crippen molar-refractivity contribution in [1.29, 1.82) is 0 Å². The second kappa shape index (κ2) is 9.15. The average molecular weight is 382 g/mol. The minimum atomic E-state index is -4.31. The van der Waals surface area contributed by atoms with Gasteiger partial charge in [0.05, 0.1) is 5.56 Å². The number of alkyl halides is 3. The van der Waals surface area contributed by atoms with E-state index >= 15 is 0 Å². The van der Waals surface area contributed by atoms with Gasteiger partial charge in [0.25, 0.3) is 0 Å². The fourth-order valence-corrected chi connectivity index (χ4v) is 3.86. The fourth-order valence-electron chi connectivity index (χ4n) is 3.86. The molecule has 0 amide bonds. The van der Waals surface area contributed by atoms with Gasteiger partial charge in [-0.3, -0.25) is 0 Å². The van der Waals surface area contributed by atoms with Gasteiger partial charge in [-0.2, -0.15) is 13.2 Å². The first-order valence-corrected chi connectivity index (χ1v) is 9.86. The summed E-state index contributed by atoms with van der Waals surface area (Å²) < 4.78 is 37.8. The molecule has 3 heteroatoms. The summed E-state index contributed by atoms with van der Waals surface area (Å²) >= 11 is 0. The van der Waals surface area contributed by atoms with Gasteiger partial charge in [-0.15, -0.1) is 6.58 Å². The van der Waals surface area contributed by atoms with E-state index in [2.05, 4.69) is 30.6 Å². The SMILES string of the molecule is C=CCCC1CCC(c2ccc(C#Cc3ccc(C(F)(F)F)cc3)cc2)CC1. The van der Waals surface area contributed by atoms with Gasteiger partial charge in [-0.05, 0) is 92.3 Å². The number of hydrogen-bond acceptors (Lipinski definition) is 0. The lowest BCUT2D eigenvalue weighted by atomic mass is 9.77. The zero-order valence-corrected chi connectivity index (χ0v) is 15.9. The summed E-state index contributed by atoms with van der Waals surface area (Å²) in [5, 5.41) is 0. The summed E-state index contributed by atoms with van der Waals surface area (Å²) in [6.45, 7) is 3.81. The fraction of sp³-hybridized carbons (Fsp3) is 0.360. The number of benzene rings is 2. The third-order valence-corrected chi connectivity index (χ3v) is 5.57. The molecule has 0 N–H and O–H groups in total. The maximum atomic E-state index is 12.6. The number of halogens is 3. The zero-order chi connectivity index (χ0) is 20.0. The van der Waals surface area contributed by atoms with Crippen LogP contribution >= 0.6 is 0 Å². The predicted octanol–water partition coefficient (Wildman–Crippen LogP) is 7.35. The highest BCUT2D eigenvalue weighted by atomic mass is 19.4. The van der Waals surface area contributed by atoms with Gasteiger partial charge in [0.1, 0.15) is 0 Å². The Morgan fingerprint density at radius 2 is 1.39 bits per heavy atom. The van der Waals surface area contributed by atoms with Crippen LogP contribution in [0.15, 0.2) is 61.2 Å². The van der Waals surface area contributed by atoms with Gasteiger partial charge in [0, 0.05) is 11.1 Å². The molecule has 0 bridgehead atoms. The molecule has 1 saturated carbocycles. The second-order valence-electron chi connectivity index (χ2n) is 7.53. The molecule has 0 nitrogen and oxygen atoms in total. The first kappa shape index (κ1) is 20.3. The molecule has 28 heavy (non-hydrogen) atoms. The Morgan fingerprint density at radius 1 is 0.857 bits per heavy atom. The van der Waals surface area contributed by atoms with Crippen LogP contribution in [0.5, 0.6) is 0 Å². The Bertz CT molecular complexity index is 825. The van der Waals surface area contributed by atoms with Crippen molar-refractivity contribution in [3.8, 4) is 11.8 Å². The van der Waals surface area contributed by atoms with Crippen molar-refractivity contribution >= 4 is 0 Å². The molecule has 2 aromatic rings. The van der Waals surface area contributed by atoms with E-state index in [4.69, 9.17) is 0 Å². The normalized spacial score (nSPS) is 19.5. The summed E-state index contributed by atoms with van der Waals surface area (Å²) in [6, 6.07) is 13.3. The Morgan fingerprint density at radius 3 is 1.89 bits per heavy atom. The molecule has 0 unspecified atom stereocenters. The molecule has 146 valence electrons. The highest BCUT2D eigenvalue weighted by Crippen LogP contribution is 2.37. The van der Waals surface area contributed by atoms with Crippen LogP contribution in [0.25, 0.3) is 0 Å². The molecule has 0 spiro atoms. The summed E-state index contributed by atoms with van der Waals surface area (Å²) in [7, 11) is 0. The maximum absolute atomic E-state index is 12.6. The molecule has 1 fully saturated rings. The molecule has 2 aromatic carbocycles. The van der Waals surface area contributed by atoms with E-state index in [1.807, 2.05) is 18.2 Å². The van der Waals surface area contributed by atoms with Gasteiger partial charge >= 0.3 is 6.18 Å². The quantitative estimate of drug-likeness (QED) is 0.383. The van der Waals surface area contributed by atoms with Crippen molar-refractivity contribution in [1.82, 2.24) is 0 Å². The monoisotopic (exact) mass is 382 g/mol. The van der Waals surface area contributed by atoms with Gasteiger partial charge in [-0.1, -0.05) is 30.0 Å². The lowest BCUT2D eigenvalue weighted by molar-refractivity contribution is -0.137. The molecular formula is C25H25F3. The lowest BCUT2D eigenvalue weighted by Crippen LogP contribution is -2.13. The molecule has 0 radical (unpaired) electrons. The third kappa shape index (κ3) is 5.52. The third-order valence-electron chi connectivity index (χ3n) is 5.57. The van der Waals surface area contributed by atoms with Crippen molar-refractivity contribution in [2.75, 3.05) is 0 Å². The van der Waals surface area contributed by atoms with Crippen LogP contribution in [0.2, 0.25) is 0 Å². The molecule has 1 aliphatic carbocycles. The number of hydrogen-bond donors (Lipinski definition) is 0. The molecule has 0 saturated heterocycles. The van der Waals surface area contributed by atoms with Crippen LogP contribution in [-0.4, -0.2) is 0 Å². The first-order valence-electron chi connectivity index (χ1n) is 9.86. The summed E-state index contributed by atoms with van der Waals surface area (Å²) in [4.78, 5) is 0. The van der Waals surface area contributed by atoms with Crippen LogP contribution in [0, 0.1) is 17.8 Å². The van der Waals surface area contributed by atoms with E-state index in [-0.39, 0.29) is 0 Å². The van der Waals surface area contributed by atoms with Crippen molar-refractivity contribution in [3.63, 3.8) is 0 Å².